The van der Waals surface area contributed by atoms with Crippen molar-refractivity contribution in [2.75, 3.05) is 11.9 Å². The maximum absolute atomic E-state index is 13.2. The lowest BCUT2D eigenvalue weighted by molar-refractivity contribution is -0.118. The van der Waals surface area contributed by atoms with E-state index in [-0.39, 0.29) is 17.4 Å². The van der Waals surface area contributed by atoms with Crippen molar-refractivity contribution in [1.29, 1.82) is 0 Å². The Morgan fingerprint density at radius 3 is 2.45 bits per heavy atom. The minimum Gasteiger partial charge on any atom is -0.484 e. The summed E-state index contributed by atoms with van der Waals surface area (Å²) in [7, 11) is 0. The van der Waals surface area contributed by atoms with Crippen LogP contribution in [0, 0.1) is 5.82 Å². The van der Waals surface area contributed by atoms with Crippen LogP contribution in [-0.2, 0) is 4.79 Å². The molecule has 0 aliphatic rings. The molecule has 3 aromatic carbocycles. The highest BCUT2D eigenvalue weighted by molar-refractivity contribution is 6.34. The lowest BCUT2D eigenvalue weighted by Gasteiger charge is -2.09. The van der Waals surface area contributed by atoms with E-state index in [4.69, 9.17) is 27.9 Å². The molecule has 4 aromatic rings. The number of hydrogen-bond donors (Lipinski definition) is 1. The van der Waals surface area contributed by atoms with E-state index < -0.39 is 11.7 Å². The summed E-state index contributed by atoms with van der Waals surface area (Å²) in [6, 6.07) is 16.5. The molecule has 0 saturated carbocycles. The number of nitrogens with zero attached hydrogens (tertiary/aromatic N) is 3. The van der Waals surface area contributed by atoms with Gasteiger partial charge >= 0.3 is 0 Å². The quantitative estimate of drug-likeness (QED) is 0.489. The van der Waals surface area contributed by atoms with Gasteiger partial charge in [-0.2, -0.15) is 4.80 Å². The fraction of sp³-hybridized carbons (Fsp3) is 0.0500. The second-order valence-electron chi connectivity index (χ2n) is 6.06. The van der Waals surface area contributed by atoms with E-state index in [1.54, 1.807) is 12.1 Å². The van der Waals surface area contributed by atoms with Crippen LogP contribution in [-0.4, -0.2) is 27.5 Å². The van der Waals surface area contributed by atoms with Gasteiger partial charge in [0.25, 0.3) is 5.91 Å². The second-order valence-corrected chi connectivity index (χ2v) is 6.87. The number of fused-ring (bicyclic) bond motifs is 1. The fourth-order valence-corrected chi connectivity index (χ4v) is 2.99. The molecule has 0 unspecified atom stereocenters. The summed E-state index contributed by atoms with van der Waals surface area (Å²) in [5.74, 6) is -0.729. The van der Waals surface area contributed by atoms with Gasteiger partial charge in [0.2, 0.25) is 0 Å². The van der Waals surface area contributed by atoms with E-state index in [9.17, 15) is 9.18 Å². The zero-order chi connectivity index (χ0) is 20.4. The van der Waals surface area contributed by atoms with E-state index in [1.807, 2.05) is 30.3 Å². The SMILES string of the molecule is O=C(COc1ccc(F)c(Cl)c1)Nc1cc2nn(-c3ccccc3)nc2cc1Cl. The van der Waals surface area contributed by atoms with E-state index in [0.717, 1.165) is 11.8 Å². The number of carbonyl (C=O) groups excluding carboxylic acids is 1. The highest BCUT2D eigenvalue weighted by Crippen LogP contribution is 2.27. The number of ether oxygens (including phenoxy) is 1. The van der Waals surface area contributed by atoms with Crippen LogP contribution in [0.4, 0.5) is 10.1 Å². The molecular formula is C20H13Cl2FN4O2. The smallest absolute Gasteiger partial charge is 0.262 e. The Balaban J connectivity index is 1.49. The first-order valence-electron chi connectivity index (χ1n) is 8.49. The van der Waals surface area contributed by atoms with Crippen molar-refractivity contribution in [3.05, 3.63) is 76.5 Å². The Hall–Kier alpha value is -3.16. The molecule has 0 bridgehead atoms. The van der Waals surface area contributed by atoms with Gasteiger partial charge in [-0.25, -0.2) is 4.39 Å². The number of halogens is 3. The average Bonchev–Trinajstić information content (AvgIpc) is 3.12. The van der Waals surface area contributed by atoms with Crippen LogP contribution >= 0.6 is 23.2 Å². The number of aromatic nitrogens is 3. The van der Waals surface area contributed by atoms with E-state index in [0.29, 0.717) is 21.7 Å². The van der Waals surface area contributed by atoms with Crippen LogP contribution in [0.3, 0.4) is 0 Å². The topological polar surface area (TPSA) is 69.0 Å². The van der Waals surface area contributed by atoms with Crippen molar-refractivity contribution in [2.45, 2.75) is 0 Å². The summed E-state index contributed by atoms with van der Waals surface area (Å²) in [4.78, 5) is 13.7. The highest BCUT2D eigenvalue weighted by Gasteiger charge is 2.12. The molecule has 146 valence electrons. The minimum absolute atomic E-state index is 0.0853. The predicted octanol–water partition coefficient (Wildman–Crippen LogP) is 4.88. The van der Waals surface area contributed by atoms with Crippen LogP contribution in [0.2, 0.25) is 10.0 Å². The Kier molecular flexibility index (Phi) is 5.33. The van der Waals surface area contributed by atoms with Gasteiger partial charge in [-0.05, 0) is 36.4 Å². The molecule has 0 radical (unpaired) electrons. The highest BCUT2D eigenvalue weighted by atomic mass is 35.5. The maximum atomic E-state index is 13.2. The molecule has 1 heterocycles. The Morgan fingerprint density at radius 2 is 1.72 bits per heavy atom. The van der Waals surface area contributed by atoms with Gasteiger partial charge in [0.05, 0.1) is 21.4 Å². The number of carbonyl (C=O) groups is 1. The molecule has 0 atom stereocenters. The van der Waals surface area contributed by atoms with Gasteiger partial charge in [0.1, 0.15) is 22.6 Å². The first-order chi connectivity index (χ1) is 14.0. The average molecular weight is 431 g/mol. The predicted molar refractivity (Wildman–Crippen MR) is 109 cm³/mol. The number of nitrogens with one attached hydrogen (secondary N) is 1. The Labute approximate surface area is 174 Å². The largest absolute Gasteiger partial charge is 0.484 e. The summed E-state index contributed by atoms with van der Waals surface area (Å²) < 4.78 is 18.5. The number of amides is 1. The first kappa shape index (κ1) is 19.2. The van der Waals surface area contributed by atoms with Crippen LogP contribution in [0.1, 0.15) is 0 Å². The number of benzene rings is 3. The summed E-state index contributed by atoms with van der Waals surface area (Å²) in [6.07, 6.45) is 0. The molecule has 9 heteroatoms. The van der Waals surface area contributed by atoms with Crippen molar-refractivity contribution in [3.8, 4) is 11.4 Å². The summed E-state index contributed by atoms with van der Waals surface area (Å²) in [5.41, 5.74) is 2.34. The lowest BCUT2D eigenvalue weighted by Crippen LogP contribution is -2.20. The summed E-state index contributed by atoms with van der Waals surface area (Å²) in [5, 5.41) is 11.7. The van der Waals surface area contributed by atoms with Gasteiger partial charge in [-0.15, -0.1) is 10.2 Å². The van der Waals surface area contributed by atoms with E-state index >= 15 is 0 Å². The Bertz CT molecular complexity index is 1200. The molecule has 6 nitrogen and oxygen atoms in total. The molecule has 1 aromatic heterocycles. The summed E-state index contributed by atoms with van der Waals surface area (Å²) >= 11 is 12.0. The summed E-state index contributed by atoms with van der Waals surface area (Å²) in [6.45, 7) is -0.299. The molecule has 4 rings (SSSR count). The van der Waals surface area contributed by atoms with Crippen LogP contribution in [0.5, 0.6) is 5.75 Å². The number of anilines is 1. The second kappa shape index (κ2) is 8.06. The van der Waals surface area contributed by atoms with Crippen LogP contribution in [0.25, 0.3) is 16.7 Å². The molecule has 0 fully saturated rings. The normalized spacial score (nSPS) is 10.9. The molecule has 1 N–H and O–H groups in total. The molecule has 0 aliphatic carbocycles. The first-order valence-corrected chi connectivity index (χ1v) is 9.25. The Morgan fingerprint density at radius 1 is 1.00 bits per heavy atom. The van der Waals surface area contributed by atoms with Gasteiger partial charge in [0, 0.05) is 6.07 Å². The van der Waals surface area contributed by atoms with Crippen LogP contribution < -0.4 is 10.1 Å². The third-order valence-corrected chi connectivity index (χ3v) is 4.59. The minimum atomic E-state index is -0.563. The van der Waals surface area contributed by atoms with Crippen molar-refractivity contribution in [2.24, 2.45) is 0 Å². The molecule has 0 saturated heterocycles. The van der Waals surface area contributed by atoms with E-state index in [2.05, 4.69) is 15.5 Å². The van der Waals surface area contributed by atoms with Crippen molar-refractivity contribution in [3.63, 3.8) is 0 Å². The van der Waals surface area contributed by atoms with Crippen molar-refractivity contribution in [1.82, 2.24) is 15.0 Å². The number of hydrogen-bond acceptors (Lipinski definition) is 4. The van der Waals surface area contributed by atoms with Gasteiger partial charge < -0.3 is 10.1 Å². The number of para-hydroxylation sites is 1. The molecule has 1 amide bonds. The van der Waals surface area contributed by atoms with Gasteiger partial charge in [-0.1, -0.05) is 41.4 Å². The molecule has 0 aliphatic heterocycles. The third kappa shape index (κ3) is 4.31. The van der Waals surface area contributed by atoms with Gasteiger partial charge in [0.15, 0.2) is 6.61 Å². The van der Waals surface area contributed by atoms with Crippen molar-refractivity contribution < 1.29 is 13.9 Å². The van der Waals surface area contributed by atoms with Crippen LogP contribution in [0.15, 0.2) is 60.7 Å². The third-order valence-electron chi connectivity index (χ3n) is 3.99. The number of rotatable bonds is 5. The zero-order valence-electron chi connectivity index (χ0n) is 14.8. The molecule has 0 spiro atoms. The molecular weight excluding hydrogens is 418 g/mol. The molecule has 29 heavy (non-hydrogen) atoms. The zero-order valence-corrected chi connectivity index (χ0v) is 16.3. The lowest BCUT2D eigenvalue weighted by atomic mass is 10.2. The van der Waals surface area contributed by atoms with Gasteiger partial charge in [-0.3, -0.25) is 4.79 Å². The maximum Gasteiger partial charge on any atom is 0.262 e. The van der Waals surface area contributed by atoms with Crippen molar-refractivity contribution >= 4 is 45.8 Å². The monoisotopic (exact) mass is 430 g/mol. The standard InChI is InChI=1S/C20H13Cl2FN4O2/c21-14-8-13(6-7-16(14)23)29-11-20(28)24-17-10-19-18(9-15(17)22)25-27(26-19)12-4-2-1-3-5-12/h1-10H,11H2,(H,24,28). The fourth-order valence-electron chi connectivity index (χ4n) is 2.61. The van der Waals surface area contributed by atoms with E-state index in [1.165, 1.54) is 16.9 Å².